The van der Waals surface area contributed by atoms with E-state index < -0.39 is 6.04 Å². The van der Waals surface area contributed by atoms with E-state index in [1.807, 2.05) is 52.0 Å². The van der Waals surface area contributed by atoms with Crippen molar-refractivity contribution in [2.45, 2.75) is 59.2 Å². The maximum absolute atomic E-state index is 13.1. The molecule has 2 atom stereocenters. The largest absolute Gasteiger partial charge is 0.484 e. The molecule has 2 unspecified atom stereocenters. The Bertz CT molecular complexity index is 839. The number of nitrogens with one attached hydrogen (secondary N) is 1. The molecule has 0 heterocycles. The summed E-state index contributed by atoms with van der Waals surface area (Å²) in [4.78, 5) is 27.6. The molecule has 0 spiro atoms. The van der Waals surface area contributed by atoms with Gasteiger partial charge in [-0.2, -0.15) is 0 Å². The lowest BCUT2D eigenvalue weighted by atomic mass is 10.1. The van der Waals surface area contributed by atoms with Gasteiger partial charge in [0, 0.05) is 12.6 Å². The maximum Gasteiger partial charge on any atom is 0.261 e. The number of halogens is 1. The molecule has 0 aliphatic heterocycles. The SMILES string of the molecule is CCC(C)NC(=O)C(CC)N(Cc1ccccc1C)C(=O)COc1ccc(F)cc1. The zero-order chi connectivity index (χ0) is 22.1. The van der Waals surface area contributed by atoms with Crippen molar-refractivity contribution in [2.24, 2.45) is 0 Å². The van der Waals surface area contributed by atoms with E-state index >= 15 is 0 Å². The van der Waals surface area contributed by atoms with E-state index in [4.69, 9.17) is 4.74 Å². The van der Waals surface area contributed by atoms with E-state index in [0.29, 0.717) is 18.7 Å². The third kappa shape index (κ3) is 6.58. The lowest BCUT2D eigenvalue weighted by Crippen LogP contribution is -2.51. The first-order valence-corrected chi connectivity index (χ1v) is 10.4. The summed E-state index contributed by atoms with van der Waals surface area (Å²) in [5, 5.41) is 2.98. The fraction of sp³-hybridized carbons (Fsp3) is 0.417. The molecule has 0 saturated heterocycles. The van der Waals surface area contributed by atoms with Crippen molar-refractivity contribution in [3.63, 3.8) is 0 Å². The Labute approximate surface area is 178 Å². The highest BCUT2D eigenvalue weighted by atomic mass is 19.1. The van der Waals surface area contributed by atoms with Gasteiger partial charge in [0.05, 0.1) is 0 Å². The molecule has 0 fully saturated rings. The first-order chi connectivity index (χ1) is 14.3. The van der Waals surface area contributed by atoms with Crippen molar-refractivity contribution in [1.29, 1.82) is 0 Å². The molecule has 2 amide bonds. The molecular weight excluding hydrogens is 383 g/mol. The van der Waals surface area contributed by atoms with Gasteiger partial charge in [-0.15, -0.1) is 0 Å². The lowest BCUT2D eigenvalue weighted by molar-refractivity contribution is -0.143. The molecule has 2 aromatic rings. The molecular formula is C24H31FN2O3. The summed E-state index contributed by atoms with van der Waals surface area (Å²) >= 11 is 0. The number of nitrogens with zero attached hydrogens (tertiary/aromatic N) is 1. The van der Waals surface area contributed by atoms with E-state index in [-0.39, 0.29) is 30.3 Å². The number of hydrogen-bond donors (Lipinski definition) is 1. The summed E-state index contributed by atoms with van der Waals surface area (Å²) in [6.07, 6.45) is 1.29. The molecule has 0 saturated carbocycles. The molecule has 2 aromatic carbocycles. The highest BCUT2D eigenvalue weighted by Gasteiger charge is 2.29. The molecule has 0 aliphatic carbocycles. The molecule has 5 nitrogen and oxygen atoms in total. The van der Waals surface area contributed by atoms with Gasteiger partial charge in [0.25, 0.3) is 5.91 Å². The minimum atomic E-state index is -0.608. The topological polar surface area (TPSA) is 58.6 Å². The maximum atomic E-state index is 13.1. The van der Waals surface area contributed by atoms with Crippen molar-refractivity contribution in [3.05, 3.63) is 65.5 Å². The van der Waals surface area contributed by atoms with Crippen LogP contribution in [0.15, 0.2) is 48.5 Å². The van der Waals surface area contributed by atoms with Crippen molar-refractivity contribution in [3.8, 4) is 5.75 Å². The van der Waals surface area contributed by atoms with Crippen LogP contribution in [-0.2, 0) is 16.1 Å². The number of aryl methyl sites for hydroxylation is 1. The average Bonchev–Trinajstić information content (AvgIpc) is 2.74. The highest BCUT2D eigenvalue weighted by molar-refractivity contribution is 5.88. The molecule has 0 radical (unpaired) electrons. The number of amides is 2. The Balaban J connectivity index is 2.21. The van der Waals surface area contributed by atoms with Gasteiger partial charge >= 0.3 is 0 Å². The second kappa shape index (κ2) is 11.3. The van der Waals surface area contributed by atoms with Crippen LogP contribution in [0, 0.1) is 12.7 Å². The molecule has 162 valence electrons. The Morgan fingerprint density at radius 3 is 2.33 bits per heavy atom. The summed E-state index contributed by atoms with van der Waals surface area (Å²) in [6, 6.07) is 12.7. The highest BCUT2D eigenvalue weighted by Crippen LogP contribution is 2.17. The Morgan fingerprint density at radius 2 is 1.73 bits per heavy atom. The summed E-state index contributed by atoms with van der Waals surface area (Å²) in [5.41, 5.74) is 2.02. The van der Waals surface area contributed by atoms with Crippen molar-refractivity contribution < 1.29 is 18.7 Å². The number of carbonyl (C=O) groups is 2. The van der Waals surface area contributed by atoms with Gasteiger partial charge in [0.1, 0.15) is 17.6 Å². The predicted octanol–water partition coefficient (Wildman–Crippen LogP) is 4.24. The van der Waals surface area contributed by atoms with Crippen LogP contribution in [-0.4, -0.2) is 35.4 Å². The van der Waals surface area contributed by atoms with Gasteiger partial charge < -0.3 is 15.0 Å². The van der Waals surface area contributed by atoms with Crippen LogP contribution < -0.4 is 10.1 Å². The average molecular weight is 415 g/mol. The lowest BCUT2D eigenvalue weighted by Gasteiger charge is -2.31. The standard InChI is InChI=1S/C24H31FN2O3/c1-5-18(4)26-24(29)22(6-2)27(15-19-10-8-7-9-17(19)3)23(28)16-30-21-13-11-20(25)12-14-21/h7-14,18,22H,5-6,15-16H2,1-4H3,(H,26,29). The van der Waals surface area contributed by atoms with Crippen LogP contribution in [0.4, 0.5) is 4.39 Å². The van der Waals surface area contributed by atoms with E-state index in [2.05, 4.69) is 5.32 Å². The van der Waals surface area contributed by atoms with E-state index in [1.54, 1.807) is 4.90 Å². The summed E-state index contributed by atoms with van der Waals surface area (Å²) < 4.78 is 18.7. The van der Waals surface area contributed by atoms with E-state index in [1.165, 1.54) is 24.3 Å². The first-order valence-electron chi connectivity index (χ1n) is 10.4. The molecule has 0 aromatic heterocycles. The van der Waals surface area contributed by atoms with Crippen LogP contribution in [0.2, 0.25) is 0 Å². The number of carbonyl (C=O) groups excluding carboxylic acids is 2. The van der Waals surface area contributed by atoms with Gasteiger partial charge in [-0.25, -0.2) is 4.39 Å². The molecule has 0 aliphatic rings. The third-order valence-electron chi connectivity index (χ3n) is 5.16. The molecule has 1 N–H and O–H groups in total. The van der Waals surface area contributed by atoms with Crippen molar-refractivity contribution >= 4 is 11.8 Å². The number of rotatable bonds is 10. The van der Waals surface area contributed by atoms with Gasteiger partial charge in [-0.1, -0.05) is 38.1 Å². The van der Waals surface area contributed by atoms with Crippen LogP contribution in [0.25, 0.3) is 0 Å². The molecule has 6 heteroatoms. The van der Waals surface area contributed by atoms with Crippen LogP contribution in [0.1, 0.15) is 44.7 Å². The molecule has 30 heavy (non-hydrogen) atoms. The van der Waals surface area contributed by atoms with Gasteiger partial charge in [0.15, 0.2) is 6.61 Å². The Morgan fingerprint density at radius 1 is 1.07 bits per heavy atom. The normalized spacial score (nSPS) is 12.7. The zero-order valence-corrected chi connectivity index (χ0v) is 18.2. The Hall–Kier alpha value is -2.89. The fourth-order valence-electron chi connectivity index (χ4n) is 3.09. The van der Waals surface area contributed by atoms with E-state index in [9.17, 15) is 14.0 Å². The number of ether oxygens (including phenoxy) is 1. The second-order valence-corrected chi connectivity index (χ2v) is 7.43. The van der Waals surface area contributed by atoms with Crippen molar-refractivity contribution in [1.82, 2.24) is 10.2 Å². The summed E-state index contributed by atoms with van der Waals surface area (Å²) in [6.45, 7) is 7.89. The minimum absolute atomic E-state index is 0.0254. The number of benzene rings is 2. The summed E-state index contributed by atoms with van der Waals surface area (Å²) in [7, 11) is 0. The Kier molecular flexibility index (Phi) is 8.84. The predicted molar refractivity (Wildman–Crippen MR) is 116 cm³/mol. The quantitative estimate of drug-likeness (QED) is 0.633. The van der Waals surface area contributed by atoms with Crippen LogP contribution in [0.5, 0.6) is 5.75 Å². The number of hydrogen-bond acceptors (Lipinski definition) is 3. The van der Waals surface area contributed by atoms with Crippen LogP contribution in [0.3, 0.4) is 0 Å². The first kappa shape index (κ1) is 23.4. The summed E-state index contributed by atoms with van der Waals surface area (Å²) in [5.74, 6) is -0.440. The zero-order valence-electron chi connectivity index (χ0n) is 18.2. The van der Waals surface area contributed by atoms with Crippen molar-refractivity contribution in [2.75, 3.05) is 6.61 Å². The second-order valence-electron chi connectivity index (χ2n) is 7.43. The molecule has 0 bridgehead atoms. The minimum Gasteiger partial charge on any atom is -0.484 e. The third-order valence-corrected chi connectivity index (χ3v) is 5.16. The van der Waals surface area contributed by atoms with Gasteiger partial charge in [0.2, 0.25) is 5.91 Å². The molecule has 2 rings (SSSR count). The van der Waals surface area contributed by atoms with Gasteiger partial charge in [-0.3, -0.25) is 9.59 Å². The smallest absolute Gasteiger partial charge is 0.261 e. The van der Waals surface area contributed by atoms with E-state index in [0.717, 1.165) is 17.5 Å². The monoisotopic (exact) mass is 414 g/mol. The van der Waals surface area contributed by atoms with Gasteiger partial charge in [-0.05, 0) is 62.1 Å². The van der Waals surface area contributed by atoms with Crippen LogP contribution >= 0.6 is 0 Å². The fourth-order valence-corrected chi connectivity index (χ4v) is 3.09.